The second kappa shape index (κ2) is 6.86. The first-order valence-corrected chi connectivity index (χ1v) is 8.70. The van der Waals surface area contributed by atoms with Crippen LogP contribution >= 0.6 is 0 Å². The third-order valence-electron chi connectivity index (χ3n) is 3.91. The predicted molar refractivity (Wildman–Crippen MR) is 97.9 cm³/mol. The number of carbonyl (C=O) groups excluding carboxylic acids is 1. The minimum atomic E-state index is -0.175. The molecule has 0 saturated carbocycles. The van der Waals surface area contributed by atoms with Crippen LogP contribution < -0.4 is 5.32 Å². The molecule has 8 nitrogen and oxygen atoms in total. The lowest BCUT2D eigenvalue weighted by Gasteiger charge is -2.10. The molecule has 0 fully saturated rings. The van der Waals surface area contributed by atoms with Crippen LogP contribution in [0.1, 0.15) is 58.8 Å². The molecule has 26 heavy (non-hydrogen) atoms. The van der Waals surface area contributed by atoms with Gasteiger partial charge in [-0.3, -0.25) is 4.79 Å². The molecular weight excluding hydrogens is 332 g/mol. The molecule has 0 aliphatic carbocycles. The Hall–Kier alpha value is -2.77. The summed E-state index contributed by atoms with van der Waals surface area (Å²) in [6.07, 6.45) is 4.06. The number of nitrogens with zero attached hydrogens (tertiary/aromatic N) is 5. The van der Waals surface area contributed by atoms with Crippen LogP contribution in [0.25, 0.3) is 11.0 Å². The summed E-state index contributed by atoms with van der Waals surface area (Å²) < 4.78 is 7.06. The van der Waals surface area contributed by atoms with Gasteiger partial charge in [0.1, 0.15) is 0 Å². The van der Waals surface area contributed by atoms with Crippen LogP contribution in [-0.2, 0) is 16.6 Å². The van der Waals surface area contributed by atoms with Gasteiger partial charge in [0, 0.05) is 29.7 Å². The van der Waals surface area contributed by atoms with E-state index in [-0.39, 0.29) is 23.8 Å². The molecule has 0 spiro atoms. The predicted octanol–water partition coefficient (Wildman–Crippen LogP) is 3.26. The fourth-order valence-electron chi connectivity index (χ4n) is 2.49. The average molecular weight is 356 g/mol. The van der Waals surface area contributed by atoms with Gasteiger partial charge in [-0.1, -0.05) is 25.9 Å². The summed E-state index contributed by atoms with van der Waals surface area (Å²) in [5.74, 6) is 0.986. The van der Waals surface area contributed by atoms with Crippen molar-refractivity contribution in [1.82, 2.24) is 24.9 Å². The lowest BCUT2D eigenvalue weighted by Crippen LogP contribution is -2.14. The van der Waals surface area contributed by atoms with Crippen LogP contribution in [-0.4, -0.2) is 30.8 Å². The Balaban J connectivity index is 1.61. The molecule has 0 aliphatic heterocycles. The van der Waals surface area contributed by atoms with E-state index in [4.69, 9.17) is 4.52 Å². The van der Waals surface area contributed by atoms with Gasteiger partial charge in [-0.2, -0.15) is 10.1 Å². The van der Waals surface area contributed by atoms with Crippen molar-refractivity contribution in [3.05, 3.63) is 30.2 Å². The van der Waals surface area contributed by atoms with Gasteiger partial charge in [0.2, 0.25) is 11.8 Å². The number of carbonyl (C=O) groups is 1. The van der Waals surface area contributed by atoms with Crippen molar-refractivity contribution in [1.29, 1.82) is 0 Å². The summed E-state index contributed by atoms with van der Waals surface area (Å²) in [7, 11) is 0. The van der Waals surface area contributed by atoms with Crippen LogP contribution in [0.2, 0.25) is 0 Å². The highest BCUT2D eigenvalue weighted by atomic mass is 16.5. The maximum atomic E-state index is 12.2. The summed E-state index contributed by atoms with van der Waals surface area (Å²) >= 11 is 0. The van der Waals surface area contributed by atoms with Gasteiger partial charge in [0.05, 0.1) is 18.1 Å². The van der Waals surface area contributed by atoms with Gasteiger partial charge in [0.25, 0.3) is 0 Å². The quantitative estimate of drug-likeness (QED) is 0.753. The number of rotatable bonds is 5. The summed E-state index contributed by atoms with van der Waals surface area (Å²) in [6.45, 7) is 10.1. The van der Waals surface area contributed by atoms with E-state index in [1.807, 2.05) is 45.4 Å². The molecule has 0 bridgehead atoms. The fourth-order valence-corrected chi connectivity index (χ4v) is 2.49. The molecule has 3 aromatic heterocycles. The van der Waals surface area contributed by atoms with E-state index in [2.05, 4.69) is 25.5 Å². The number of fused-ring (bicyclic) bond motifs is 1. The number of anilines is 1. The molecule has 0 saturated heterocycles. The Morgan fingerprint density at radius 1 is 1.31 bits per heavy atom. The molecule has 3 rings (SSSR count). The molecule has 0 unspecified atom stereocenters. The highest BCUT2D eigenvalue weighted by Crippen LogP contribution is 2.20. The Morgan fingerprint density at radius 2 is 2.08 bits per heavy atom. The summed E-state index contributed by atoms with van der Waals surface area (Å²) in [4.78, 5) is 20.9. The van der Waals surface area contributed by atoms with E-state index in [1.54, 1.807) is 12.4 Å². The van der Waals surface area contributed by atoms with Crippen LogP contribution in [0.5, 0.6) is 0 Å². The summed E-state index contributed by atoms with van der Waals surface area (Å²) in [5.41, 5.74) is 1.27. The van der Waals surface area contributed by atoms with Crippen molar-refractivity contribution in [3.63, 3.8) is 0 Å². The third kappa shape index (κ3) is 3.89. The van der Waals surface area contributed by atoms with Crippen molar-refractivity contribution in [3.8, 4) is 0 Å². The fraction of sp³-hybridized carbons (Fsp3) is 0.500. The van der Waals surface area contributed by atoms with Crippen molar-refractivity contribution in [2.24, 2.45) is 0 Å². The molecule has 0 aliphatic rings. The van der Waals surface area contributed by atoms with E-state index >= 15 is 0 Å². The standard InChI is InChI=1S/C18H24N6O2/c1-11(2)24-16-12(9-20-24)8-13(10-19-16)21-14(25)6-7-15-22-17(23-26-15)18(3,4)5/h8-11H,6-7H2,1-5H3,(H,21,25). The van der Waals surface area contributed by atoms with E-state index in [1.165, 1.54) is 0 Å². The second-order valence-corrected chi connectivity index (χ2v) is 7.63. The number of aromatic nitrogens is 5. The molecule has 3 heterocycles. The highest BCUT2D eigenvalue weighted by Gasteiger charge is 2.21. The van der Waals surface area contributed by atoms with Crippen LogP contribution in [0.15, 0.2) is 23.0 Å². The van der Waals surface area contributed by atoms with Crippen molar-refractivity contribution in [2.75, 3.05) is 5.32 Å². The largest absolute Gasteiger partial charge is 0.339 e. The van der Waals surface area contributed by atoms with Crippen LogP contribution in [0.4, 0.5) is 5.69 Å². The molecule has 138 valence electrons. The number of aryl methyl sites for hydroxylation is 1. The molecule has 0 radical (unpaired) electrons. The molecular formula is C18H24N6O2. The lowest BCUT2D eigenvalue weighted by molar-refractivity contribution is -0.116. The smallest absolute Gasteiger partial charge is 0.227 e. The van der Waals surface area contributed by atoms with E-state index in [0.717, 1.165) is 11.0 Å². The minimum absolute atomic E-state index is 0.127. The maximum absolute atomic E-state index is 12.2. The van der Waals surface area contributed by atoms with Gasteiger partial charge in [-0.05, 0) is 19.9 Å². The Kier molecular flexibility index (Phi) is 4.76. The average Bonchev–Trinajstić information content (AvgIpc) is 3.19. The highest BCUT2D eigenvalue weighted by molar-refractivity contribution is 5.92. The van der Waals surface area contributed by atoms with Gasteiger partial charge in [0.15, 0.2) is 11.5 Å². The Bertz CT molecular complexity index is 919. The number of hydrogen-bond donors (Lipinski definition) is 1. The summed E-state index contributed by atoms with van der Waals surface area (Å²) in [6, 6.07) is 2.10. The molecule has 0 aromatic carbocycles. The molecule has 1 N–H and O–H groups in total. The second-order valence-electron chi connectivity index (χ2n) is 7.63. The molecule has 3 aromatic rings. The van der Waals surface area contributed by atoms with E-state index < -0.39 is 0 Å². The number of hydrogen-bond acceptors (Lipinski definition) is 6. The SMILES string of the molecule is CC(C)n1ncc2cc(NC(=O)CCc3nc(C(C)(C)C)no3)cnc21. The monoisotopic (exact) mass is 356 g/mol. The van der Waals surface area contributed by atoms with Gasteiger partial charge >= 0.3 is 0 Å². The number of amides is 1. The van der Waals surface area contributed by atoms with Crippen molar-refractivity contribution < 1.29 is 9.32 Å². The van der Waals surface area contributed by atoms with Gasteiger partial charge in [-0.15, -0.1) is 0 Å². The first kappa shape index (κ1) is 18.0. The topological polar surface area (TPSA) is 98.7 Å². The third-order valence-corrected chi connectivity index (χ3v) is 3.91. The molecule has 1 amide bonds. The summed E-state index contributed by atoms with van der Waals surface area (Å²) in [5, 5.41) is 12.0. The van der Waals surface area contributed by atoms with Crippen molar-refractivity contribution >= 4 is 22.6 Å². The normalized spacial score (nSPS) is 12.1. The van der Waals surface area contributed by atoms with Crippen LogP contribution in [0.3, 0.4) is 0 Å². The zero-order valence-corrected chi connectivity index (χ0v) is 15.8. The lowest BCUT2D eigenvalue weighted by atomic mass is 9.96. The first-order valence-electron chi connectivity index (χ1n) is 8.70. The Labute approximate surface area is 152 Å². The first-order chi connectivity index (χ1) is 12.2. The zero-order chi connectivity index (χ0) is 18.9. The molecule has 0 atom stereocenters. The molecule has 8 heteroatoms. The van der Waals surface area contributed by atoms with Crippen molar-refractivity contribution in [2.45, 2.75) is 58.9 Å². The van der Waals surface area contributed by atoms with Crippen LogP contribution in [0, 0.1) is 0 Å². The van der Waals surface area contributed by atoms with E-state index in [9.17, 15) is 4.79 Å². The Morgan fingerprint density at radius 3 is 2.73 bits per heavy atom. The number of pyridine rings is 1. The van der Waals surface area contributed by atoms with Gasteiger partial charge in [-0.25, -0.2) is 9.67 Å². The van der Waals surface area contributed by atoms with Gasteiger partial charge < -0.3 is 9.84 Å². The maximum Gasteiger partial charge on any atom is 0.227 e. The minimum Gasteiger partial charge on any atom is -0.339 e. The zero-order valence-electron chi connectivity index (χ0n) is 15.8. The van der Waals surface area contributed by atoms with E-state index in [0.29, 0.717) is 23.8 Å². The number of nitrogens with one attached hydrogen (secondary N) is 1.